The highest BCUT2D eigenvalue weighted by atomic mass is 31.2. The summed E-state index contributed by atoms with van der Waals surface area (Å²) in [6, 6.07) is 0. The molecule has 0 rings (SSSR count). The van der Waals surface area contributed by atoms with Gasteiger partial charge in [0.25, 0.3) is 0 Å². The summed E-state index contributed by atoms with van der Waals surface area (Å²) in [6.07, 6.45) is 0. The molecule has 0 atom stereocenters. The number of phosphoric acid groups is 1. The topological polar surface area (TPSA) is 102 Å². The van der Waals surface area contributed by atoms with Crippen LogP contribution >= 0.6 is 7.82 Å². The van der Waals surface area contributed by atoms with E-state index in [1.54, 1.807) is 13.8 Å². The van der Waals surface area contributed by atoms with Gasteiger partial charge < -0.3 is 19.3 Å². The van der Waals surface area contributed by atoms with E-state index in [1.807, 2.05) is 0 Å². The number of ether oxygens (including phenoxy) is 2. The molecule has 108 valence electrons. The molecular formula is C10H21O7P. The van der Waals surface area contributed by atoms with Gasteiger partial charge in [0, 0.05) is 5.41 Å². The lowest BCUT2D eigenvalue weighted by Crippen LogP contribution is -2.28. The fraction of sp³-hybridized carbons (Fsp3) is 0.900. The van der Waals surface area contributed by atoms with Crippen LogP contribution in [0.15, 0.2) is 0 Å². The number of hydrogen-bond donors (Lipinski definition) is 2. The molecule has 0 unspecified atom stereocenters. The van der Waals surface area contributed by atoms with Crippen molar-refractivity contribution >= 4 is 13.6 Å². The first kappa shape index (κ1) is 17.7. The molecule has 0 spiro atoms. The Morgan fingerprint density at radius 1 is 1.11 bits per heavy atom. The van der Waals surface area contributed by atoms with Crippen LogP contribution in [0, 0.1) is 5.41 Å². The van der Waals surface area contributed by atoms with Gasteiger partial charge in [-0.3, -0.25) is 9.32 Å². The third-order valence-corrected chi connectivity index (χ3v) is 2.79. The normalized spacial score (nSPS) is 12.7. The molecule has 0 saturated heterocycles. The van der Waals surface area contributed by atoms with E-state index in [2.05, 4.69) is 4.52 Å². The molecule has 0 amide bonds. The van der Waals surface area contributed by atoms with Gasteiger partial charge in [0.2, 0.25) is 0 Å². The van der Waals surface area contributed by atoms with E-state index in [4.69, 9.17) is 19.3 Å². The van der Waals surface area contributed by atoms with Crippen molar-refractivity contribution in [1.82, 2.24) is 0 Å². The molecule has 0 fully saturated rings. The number of carbonyl (C=O) groups is 1. The van der Waals surface area contributed by atoms with Crippen molar-refractivity contribution in [2.75, 3.05) is 33.0 Å². The Hall–Kier alpha value is -0.300. The lowest BCUT2D eigenvalue weighted by molar-refractivity contribution is -0.128. The quantitative estimate of drug-likeness (QED) is 0.450. The lowest BCUT2D eigenvalue weighted by Gasteiger charge is -2.20. The van der Waals surface area contributed by atoms with Gasteiger partial charge in [-0.05, 0) is 6.92 Å². The maximum atomic E-state index is 11.2. The highest BCUT2D eigenvalue weighted by Gasteiger charge is 2.23. The highest BCUT2D eigenvalue weighted by molar-refractivity contribution is 7.46. The number of ketones is 1. The number of phosphoric ester groups is 1. The highest BCUT2D eigenvalue weighted by Crippen LogP contribution is 2.35. The van der Waals surface area contributed by atoms with Crippen molar-refractivity contribution in [2.45, 2.75) is 20.8 Å². The number of hydrogen-bond acceptors (Lipinski definition) is 5. The van der Waals surface area contributed by atoms with Crippen molar-refractivity contribution in [3.05, 3.63) is 0 Å². The molecule has 0 aromatic carbocycles. The van der Waals surface area contributed by atoms with Gasteiger partial charge in [0.1, 0.15) is 5.78 Å². The number of Topliss-reactive ketones (excluding diaryl/α,β-unsaturated/α-hetero) is 1. The molecular weight excluding hydrogens is 263 g/mol. The van der Waals surface area contributed by atoms with Crippen LogP contribution in [-0.2, 0) is 23.4 Å². The summed E-state index contributed by atoms with van der Waals surface area (Å²) in [5, 5.41) is 0. The van der Waals surface area contributed by atoms with Crippen molar-refractivity contribution in [2.24, 2.45) is 5.41 Å². The van der Waals surface area contributed by atoms with E-state index in [1.165, 1.54) is 6.92 Å². The zero-order valence-electron chi connectivity index (χ0n) is 10.9. The molecule has 0 heterocycles. The van der Waals surface area contributed by atoms with Crippen molar-refractivity contribution < 1.29 is 33.1 Å². The summed E-state index contributed by atoms with van der Waals surface area (Å²) >= 11 is 0. The minimum atomic E-state index is -4.41. The van der Waals surface area contributed by atoms with Gasteiger partial charge in [0.05, 0.1) is 33.0 Å². The SMILES string of the molecule is CC(=O)C(C)(C)COCCOCCOP(=O)(O)O. The van der Waals surface area contributed by atoms with Crippen LogP contribution in [-0.4, -0.2) is 48.6 Å². The van der Waals surface area contributed by atoms with E-state index in [9.17, 15) is 9.36 Å². The van der Waals surface area contributed by atoms with Crippen LogP contribution < -0.4 is 0 Å². The summed E-state index contributed by atoms with van der Waals surface area (Å²) in [5.41, 5.74) is -0.510. The van der Waals surface area contributed by atoms with Gasteiger partial charge in [-0.2, -0.15) is 0 Å². The lowest BCUT2D eigenvalue weighted by atomic mass is 9.90. The van der Waals surface area contributed by atoms with Crippen LogP contribution in [0.5, 0.6) is 0 Å². The molecule has 0 radical (unpaired) electrons. The summed E-state index contributed by atoms with van der Waals surface area (Å²) < 4.78 is 24.8. The minimum absolute atomic E-state index is 0.0541. The van der Waals surface area contributed by atoms with Crippen molar-refractivity contribution in [3.8, 4) is 0 Å². The maximum Gasteiger partial charge on any atom is 0.469 e. The van der Waals surface area contributed by atoms with Crippen LogP contribution in [0.1, 0.15) is 20.8 Å². The molecule has 0 aliphatic heterocycles. The molecule has 0 aliphatic carbocycles. The largest absolute Gasteiger partial charge is 0.469 e. The van der Waals surface area contributed by atoms with Gasteiger partial charge in [-0.15, -0.1) is 0 Å². The van der Waals surface area contributed by atoms with Gasteiger partial charge in [-0.25, -0.2) is 4.57 Å². The second kappa shape index (κ2) is 7.99. The Labute approximate surface area is 107 Å². The average Bonchev–Trinajstić information content (AvgIpc) is 2.20. The molecule has 0 saturated carbocycles. The smallest absolute Gasteiger partial charge is 0.378 e. The van der Waals surface area contributed by atoms with E-state index < -0.39 is 13.2 Å². The van der Waals surface area contributed by atoms with Crippen molar-refractivity contribution in [1.29, 1.82) is 0 Å². The molecule has 7 nitrogen and oxygen atoms in total. The third kappa shape index (κ3) is 9.70. The summed E-state index contributed by atoms with van der Waals surface area (Å²) in [5.74, 6) is 0.0541. The number of carbonyl (C=O) groups excluding carboxylic acids is 1. The average molecular weight is 284 g/mol. The predicted octanol–water partition coefficient (Wildman–Crippen LogP) is 0.744. The second-order valence-electron chi connectivity index (χ2n) is 4.43. The molecule has 0 bridgehead atoms. The molecule has 0 aromatic heterocycles. The first-order valence-corrected chi connectivity index (χ1v) is 7.05. The zero-order chi connectivity index (χ0) is 14.2. The van der Waals surface area contributed by atoms with E-state index in [0.29, 0.717) is 13.2 Å². The standard InChI is InChI=1S/C10H21O7P/c1-9(11)10(2,3)8-16-5-4-15-6-7-17-18(12,13)14/h4-8H2,1-3H3,(H2,12,13,14). The van der Waals surface area contributed by atoms with Crippen LogP contribution in [0.25, 0.3) is 0 Å². The Balaban J connectivity index is 3.42. The Kier molecular flexibility index (Phi) is 7.86. The van der Waals surface area contributed by atoms with Gasteiger partial charge in [-0.1, -0.05) is 13.8 Å². The first-order chi connectivity index (χ1) is 8.15. The number of rotatable bonds is 10. The Morgan fingerprint density at radius 2 is 1.61 bits per heavy atom. The molecule has 18 heavy (non-hydrogen) atoms. The van der Waals surface area contributed by atoms with Crippen molar-refractivity contribution in [3.63, 3.8) is 0 Å². The van der Waals surface area contributed by atoms with Gasteiger partial charge >= 0.3 is 7.82 Å². The van der Waals surface area contributed by atoms with Gasteiger partial charge in [0.15, 0.2) is 0 Å². The molecule has 2 N–H and O–H groups in total. The summed E-state index contributed by atoms with van der Waals surface area (Å²) in [7, 11) is -4.41. The predicted molar refractivity (Wildman–Crippen MR) is 64.1 cm³/mol. The van der Waals surface area contributed by atoms with E-state index >= 15 is 0 Å². The Morgan fingerprint density at radius 3 is 2.11 bits per heavy atom. The van der Waals surface area contributed by atoms with Crippen LogP contribution in [0.4, 0.5) is 0 Å². The van der Waals surface area contributed by atoms with E-state index in [-0.39, 0.29) is 25.6 Å². The van der Waals surface area contributed by atoms with E-state index in [0.717, 1.165) is 0 Å². The molecule has 0 aromatic rings. The Bertz CT molecular complexity index is 297. The monoisotopic (exact) mass is 284 g/mol. The molecule has 0 aliphatic rings. The fourth-order valence-corrected chi connectivity index (χ4v) is 1.18. The van der Waals surface area contributed by atoms with Crippen LogP contribution in [0.3, 0.4) is 0 Å². The fourth-order valence-electron chi connectivity index (χ4n) is 0.864. The second-order valence-corrected chi connectivity index (χ2v) is 5.67. The zero-order valence-corrected chi connectivity index (χ0v) is 11.8. The summed E-state index contributed by atoms with van der Waals surface area (Å²) in [6.45, 7) is 5.90. The maximum absolute atomic E-state index is 11.2. The minimum Gasteiger partial charge on any atom is -0.378 e. The first-order valence-electron chi connectivity index (χ1n) is 5.52. The molecule has 8 heteroatoms. The summed E-state index contributed by atoms with van der Waals surface area (Å²) in [4.78, 5) is 27.9. The third-order valence-electron chi connectivity index (χ3n) is 2.28. The van der Waals surface area contributed by atoms with Crippen LogP contribution in [0.2, 0.25) is 0 Å².